The zero-order chi connectivity index (χ0) is 13.7. The van der Waals surface area contributed by atoms with Crippen LogP contribution in [0.5, 0.6) is 11.5 Å². The molecule has 0 spiro atoms. The quantitative estimate of drug-likeness (QED) is 0.616. The van der Waals surface area contributed by atoms with E-state index >= 15 is 0 Å². The minimum absolute atomic E-state index is 0.0500. The Morgan fingerprint density at radius 1 is 1.21 bits per heavy atom. The van der Waals surface area contributed by atoms with E-state index in [1.54, 1.807) is 20.5 Å². The maximum atomic E-state index is 5.62. The average Bonchev–Trinajstić information content (AvgIpc) is 2.97. The summed E-state index contributed by atoms with van der Waals surface area (Å²) in [5.74, 6) is 7.87. The predicted octanol–water partition coefficient (Wildman–Crippen LogP) is 2.04. The second kappa shape index (κ2) is 6.26. The Hall–Kier alpha value is -1.98. The normalized spacial score (nSPS) is 12.2. The first-order chi connectivity index (χ1) is 9.28. The van der Waals surface area contributed by atoms with E-state index in [9.17, 15) is 0 Å². The Bertz CT molecular complexity index is 511. The van der Waals surface area contributed by atoms with E-state index in [2.05, 4.69) is 5.43 Å². The van der Waals surface area contributed by atoms with E-state index in [0.717, 1.165) is 11.3 Å². The summed E-state index contributed by atoms with van der Waals surface area (Å²) in [6.45, 7) is 0. The second-order valence-electron chi connectivity index (χ2n) is 4.12. The fourth-order valence-corrected chi connectivity index (χ4v) is 1.97. The Morgan fingerprint density at radius 3 is 2.58 bits per heavy atom. The van der Waals surface area contributed by atoms with Gasteiger partial charge in [-0.05, 0) is 29.8 Å². The lowest BCUT2D eigenvalue weighted by Gasteiger charge is -2.17. The molecule has 1 aromatic carbocycles. The fourth-order valence-electron chi connectivity index (χ4n) is 1.97. The molecule has 1 unspecified atom stereocenters. The summed E-state index contributed by atoms with van der Waals surface area (Å²) >= 11 is 0. The first-order valence-corrected chi connectivity index (χ1v) is 5.99. The third-order valence-corrected chi connectivity index (χ3v) is 3.00. The van der Waals surface area contributed by atoms with Gasteiger partial charge in [0.15, 0.2) is 11.5 Å². The monoisotopic (exact) mass is 262 g/mol. The third-order valence-electron chi connectivity index (χ3n) is 3.00. The van der Waals surface area contributed by atoms with E-state index in [1.807, 2.05) is 30.3 Å². The van der Waals surface area contributed by atoms with Crippen molar-refractivity contribution in [2.45, 2.75) is 12.5 Å². The van der Waals surface area contributed by atoms with Crippen LogP contribution in [0.4, 0.5) is 0 Å². The molecule has 2 rings (SSSR count). The zero-order valence-electron chi connectivity index (χ0n) is 11.1. The molecule has 2 aromatic rings. The molecule has 102 valence electrons. The van der Waals surface area contributed by atoms with Crippen molar-refractivity contribution in [3.63, 3.8) is 0 Å². The molecule has 0 aliphatic heterocycles. The van der Waals surface area contributed by atoms with Crippen molar-refractivity contribution in [2.75, 3.05) is 14.2 Å². The number of nitrogens with one attached hydrogen (secondary N) is 1. The summed E-state index contributed by atoms with van der Waals surface area (Å²) in [7, 11) is 3.22. The maximum Gasteiger partial charge on any atom is 0.161 e. The lowest BCUT2D eigenvalue weighted by Crippen LogP contribution is -2.29. The second-order valence-corrected chi connectivity index (χ2v) is 4.12. The SMILES string of the molecule is COc1ccc(C(Cc2ccco2)NN)cc1OC. The van der Waals surface area contributed by atoms with Gasteiger partial charge in [0.1, 0.15) is 5.76 Å². The fraction of sp³-hybridized carbons (Fsp3) is 0.286. The van der Waals surface area contributed by atoms with Crippen LogP contribution in [-0.2, 0) is 6.42 Å². The van der Waals surface area contributed by atoms with Crippen molar-refractivity contribution >= 4 is 0 Å². The summed E-state index contributed by atoms with van der Waals surface area (Å²) < 4.78 is 15.8. The third kappa shape index (κ3) is 3.07. The van der Waals surface area contributed by atoms with Crippen molar-refractivity contribution in [1.82, 2.24) is 5.43 Å². The van der Waals surface area contributed by atoms with Gasteiger partial charge in [-0.15, -0.1) is 0 Å². The molecule has 19 heavy (non-hydrogen) atoms. The standard InChI is InChI=1S/C14H18N2O3/c1-17-13-6-5-10(8-14(13)18-2)12(16-15)9-11-4-3-7-19-11/h3-8,12,16H,9,15H2,1-2H3. The largest absolute Gasteiger partial charge is 0.493 e. The highest BCUT2D eigenvalue weighted by Crippen LogP contribution is 2.30. The molecule has 1 atom stereocenters. The summed E-state index contributed by atoms with van der Waals surface area (Å²) in [6, 6.07) is 9.45. The molecule has 0 fully saturated rings. The van der Waals surface area contributed by atoms with Crippen LogP contribution in [0.15, 0.2) is 41.0 Å². The highest BCUT2D eigenvalue weighted by Gasteiger charge is 2.14. The Balaban J connectivity index is 2.23. The van der Waals surface area contributed by atoms with Gasteiger partial charge in [-0.2, -0.15) is 0 Å². The van der Waals surface area contributed by atoms with Gasteiger partial charge in [0, 0.05) is 6.42 Å². The van der Waals surface area contributed by atoms with Gasteiger partial charge in [0.05, 0.1) is 26.5 Å². The summed E-state index contributed by atoms with van der Waals surface area (Å²) in [6.07, 6.45) is 2.32. The molecule has 1 aromatic heterocycles. The lowest BCUT2D eigenvalue weighted by atomic mass is 10.0. The Morgan fingerprint density at radius 2 is 2.00 bits per heavy atom. The molecule has 5 heteroatoms. The average molecular weight is 262 g/mol. The first kappa shape index (κ1) is 13.5. The van der Waals surface area contributed by atoms with Crippen LogP contribution >= 0.6 is 0 Å². The van der Waals surface area contributed by atoms with Crippen LogP contribution in [0.2, 0.25) is 0 Å². The molecular formula is C14H18N2O3. The lowest BCUT2D eigenvalue weighted by molar-refractivity contribution is 0.353. The summed E-state index contributed by atoms with van der Waals surface area (Å²) in [5, 5.41) is 0. The number of hydrogen-bond donors (Lipinski definition) is 2. The number of ether oxygens (including phenoxy) is 2. The van der Waals surface area contributed by atoms with Gasteiger partial charge in [-0.3, -0.25) is 11.3 Å². The number of hydrazine groups is 1. The molecule has 0 aliphatic carbocycles. The van der Waals surface area contributed by atoms with Gasteiger partial charge in [-0.1, -0.05) is 6.07 Å². The molecule has 0 aliphatic rings. The Kier molecular flexibility index (Phi) is 4.43. The van der Waals surface area contributed by atoms with Gasteiger partial charge < -0.3 is 13.9 Å². The van der Waals surface area contributed by atoms with Crippen molar-refractivity contribution in [3.8, 4) is 11.5 Å². The van der Waals surface area contributed by atoms with Gasteiger partial charge >= 0.3 is 0 Å². The van der Waals surface area contributed by atoms with E-state index in [0.29, 0.717) is 17.9 Å². The molecular weight excluding hydrogens is 244 g/mol. The van der Waals surface area contributed by atoms with E-state index in [1.165, 1.54) is 0 Å². The molecule has 1 heterocycles. The van der Waals surface area contributed by atoms with Crippen LogP contribution < -0.4 is 20.7 Å². The van der Waals surface area contributed by atoms with Crippen LogP contribution in [0, 0.1) is 0 Å². The summed E-state index contributed by atoms with van der Waals surface area (Å²) in [4.78, 5) is 0. The molecule has 0 bridgehead atoms. The molecule has 3 N–H and O–H groups in total. The molecule has 0 radical (unpaired) electrons. The number of nitrogens with two attached hydrogens (primary N) is 1. The van der Waals surface area contributed by atoms with Crippen molar-refractivity contribution in [2.24, 2.45) is 5.84 Å². The molecule has 0 saturated heterocycles. The smallest absolute Gasteiger partial charge is 0.161 e. The van der Waals surface area contributed by atoms with Gasteiger partial charge in [0.2, 0.25) is 0 Å². The van der Waals surface area contributed by atoms with E-state index in [4.69, 9.17) is 19.7 Å². The highest BCUT2D eigenvalue weighted by atomic mass is 16.5. The Labute approximate surface area is 112 Å². The maximum absolute atomic E-state index is 5.62. The van der Waals surface area contributed by atoms with Crippen molar-refractivity contribution in [3.05, 3.63) is 47.9 Å². The van der Waals surface area contributed by atoms with Gasteiger partial charge in [-0.25, -0.2) is 0 Å². The summed E-state index contributed by atoms with van der Waals surface area (Å²) in [5.41, 5.74) is 3.80. The first-order valence-electron chi connectivity index (χ1n) is 5.99. The number of methoxy groups -OCH3 is 2. The number of hydrogen-bond acceptors (Lipinski definition) is 5. The van der Waals surface area contributed by atoms with E-state index < -0.39 is 0 Å². The van der Waals surface area contributed by atoms with Crippen LogP contribution in [0.3, 0.4) is 0 Å². The number of benzene rings is 1. The molecule has 0 amide bonds. The van der Waals surface area contributed by atoms with Crippen molar-refractivity contribution < 1.29 is 13.9 Å². The minimum Gasteiger partial charge on any atom is -0.493 e. The minimum atomic E-state index is -0.0500. The predicted molar refractivity (Wildman–Crippen MR) is 72.0 cm³/mol. The number of rotatable bonds is 6. The van der Waals surface area contributed by atoms with E-state index in [-0.39, 0.29) is 6.04 Å². The van der Waals surface area contributed by atoms with Gasteiger partial charge in [0.25, 0.3) is 0 Å². The number of furan rings is 1. The van der Waals surface area contributed by atoms with Crippen LogP contribution in [-0.4, -0.2) is 14.2 Å². The zero-order valence-corrected chi connectivity index (χ0v) is 11.1. The highest BCUT2D eigenvalue weighted by molar-refractivity contribution is 5.44. The van der Waals surface area contributed by atoms with Crippen molar-refractivity contribution in [1.29, 1.82) is 0 Å². The van der Waals surface area contributed by atoms with Crippen LogP contribution in [0.1, 0.15) is 17.4 Å². The van der Waals surface area contributed by atoms with Crippen LogP contribution in [0.25, 0.3) is 0 Å². The topological polar surface area (TPSA) is 69.7 Å². The molecule has 5 nitrogen and oxygen atoms in total. The molecule has 0 saturated carbocycles.